The summed E-state index contributed by atoms with van der Waals surface area (Å²) >= 11 is 0. The molecule has 0 radical (unpaired) electrons. The predicted molar refractivity (Wildman–Crippen MR) is 74.3 cm³/mol. The monoisotopic (exact) mass is 294 g/mol. The maximum absolute atomic E-state index is 13.5. The van der Waals surface area contributed by atoms with Gasteiger partial charge in [-0.3, -0.25) is 0 Å². The topological polar surface area (TPSA) is 38.7 Å². The lowest BCUT2D eigenvalue weighted by molar-refractivity contribution is 0.198. The van der Waals surface area contributed by atoms with E-state index in [-0.39, 0.29) is 12.2 Å². The van der Waals surface area contributed by atoms with Crippen LogP contribution in [-0.4, -0.2) is 12.2 Å². The zero-order valence-electron chi connectivity index (χ0n) is 11.8. The first-order chi connectivity index (χ1) is 10.0. The average molecular weight is 294 g/mol. The van der Waals surface area contributed by atoms with Crippen molar-refractivity contribution in [3.05, 3.63) is 59.2 Å². The highest BCUT2D eigenvalue weighted by atomic mass is 19.1. The lowest BCUT2D eigenvalue weighted by Crippen LogP contribution is -2.01. The SMILES string of the molecule is COc1cc([C@H](C)O)ccc1OCc1cc(F)ccc1F. The molecule has 0 bridgehead atoms. The highest BCUT2D eigenvalue weighted by Gasteiger charge is 2.10. The van der Waals surface area contributed by atoms with Crippen LogP contribution in [0.5, 0.6) is 11.5 Å². The van der Waals surface area contributed by atoms with Crippen molar-refractivity contribution >= 4 is 0 Å². The van der Waals surface area contributed by atoms with Gasteiger partial charge in [0.05, 0.1) is 13.2 Å². The highest BCUT2D eigenvalue weighted by molar-refractivity contribution is 5.43. The Bertz CT molecular complexity index is 627. The van der Waals surface area contributed by atoms with Crippen LogP contribution in [0.15, 0.2) is 36.4 Å². The van der Waals surface area contributed by atoms with Gasteiger partial charge in [-0.25, -0.2) is 8.78 Å². The van der Waals surface area contributed by atoms with Gasteiger partial charge in [-0.2, -0.15) is 0 Å². The first kappa shape index (κ1) is 15.3. The molecule has 5 heteroatoms. The van der Waals surface area contributed by atoms with E-state index in [2.05, 4.69) is 0 Å². The van der Waals surface area contributed by atoms with E-state index >= 15 is 0 Å². The fraction of sp³-hybridized carbons (Fsp3) is 0.250. The molecule has 3 nitrogen and oxygen atoms in total. The Labute approximate surface area is 121 Å². The molecule has 0 fully saturated rings. The number of hydrogen-bond donors (Lipinski definition) is 1. The minimum absolute atomic E-state index is 0.117. The molecule has 0 aliphatic heterocycles. The Hall–Kier alpha value is -2.14. The highest BCUT2D eigenvalue weighted by Crippen LogP contribution is 2.31. The lowest BCUT2D eigenvalue weighted by atomic mass is 10.1. The standard InChI is InChI=1S/C16H16F2O3/c1-10(19)11-3-6-15(16(8-11)20-2)21-9-12-7-13(17)4-5-14(12)18/h3-8,10,19H,9H2,1-2H3/t10-/m0/s1. The number of hydrogen-bond acceptors (Lipinski definition) is 3. The lowest BCUT2D eigenvalue weighted by Gasteiger charge is -2.13. The van der Waals surface area contributed by atoms with Crippen LogP contribution < -0.4 is 9.47 Å². The first-order valence-electron chi connectivity index (χ1n) is 6.44. The van der Waals surface area contributed by atoms with Crippen molar-refractivity contribution in [2.24, 2.45) is 0 Å². The molecule has 0 unspecified atom stereocenters. The molecular weight excluding hydrogens is 278 g/mol. The van der Waals surface area contributed by atoms with Crippen LogP contribution >= 0.6 is 0 Å². The van der Waals surface area contributed by atoms with Gasteiger partial charge in [0.2, 0.25) is 0 Å². The second-order valence-corrected chi connectivity index (χ2v) is 4.61. The third-order valence-corrected chi connectivity index (χ3v) is 3.06. The summed E-state index contributed by atoms with van der Waals surface area (Å²) < 4.78 is 37.2. The van der Waals surface area contributed by atoms with Crippen LogP contribution in [0.25, 0.3) is 0 Å². The molecule has 2 rings (SSSR count). The van der Waals surface area contributed by atoms with Crippen molar-refractivity contribution < 1.29 is 23.4 Å². The Morgan fingerprint density at radius 1 is 1.10 bits per heavy atom. The summed E-state index contributed by atoms with van der Waals surface area (Å²) in [6.45, 7) is 1.52. The van der Waals surface area contributed by atoms with Crippen molar-refractivity contribution in [2.45, 2.75) is 19.6 Å². The van der Waals surface area contributed by atoms with Crippen LogP contribution in [-0.2, 0) is 6.61 Å². The maximum Gasteiger partial charge on any atom is 0.161 e. The van der Waals surface area contributed by atoms with E-state index in [9.17, 15) is 13.9 Å². The third-order valence-electron chi connectivity index (χ3n) is 3.06. The number of methoxy groups -OCH3 is 1. The summed E-state index contributed by atoms with van der Waals surface area (Å²) in [4.78, 5) is 0. The quantitative estimate of drug-likeness (QED) is 0.915. The van der Waals surface area contributed by atoms with E-state index in [1.165, 1.54) is 7.11 Å². The first-order valence-corrected chi connectivity index (χ1v) is 6.44. The molecule has 0 heterocycles. The van der Waals surface area contributed by atoms with E-state index in [1.54, 1.807) is 25.1 Å². The molecule has 0 aliphatic rings. The van der Waals surface area contributed by atoms with Gasteiger partial charge in [-0.15, -0.1) is 0 Å². The molecule has 21 heavy (non-hydrogen) atoms. The Morgan fingerprint density at radius 3 is 2.52 bits per heavy atom. The summed E-state index contributed by atoms with van der Waals surface area (Å²) in [5, 5.41) is 9.52. The molecule has 2 aromatic rings. The van der Waals surface area contributed by atoms with Gasteiger partial charge in [-0.1, -0.05) is 6.07 Å². The van der Waals surface area contributed by atoms with E-state index in [0.29, 0.717) is 17.1 Å². The summed E-state index contributed by atoms with van der Waals surface area (Å²) in [5.41, 5.74) is 0.799. The molecule has 0 aromatic heterocycles. The number of halogens is 2. The molecule has 1 N–H and O–H groups in total. The minimum Gasteiger partial charge on any atom is -0.493 e. The summed E-state index contributed by atoms with van der Waals surface area (Å²) in [7, 11) is 1.47. The summed E-state index contributed by atoms with van der Waals surface area (Å²) in [6.07, 6.45) is -0.631. The number of aliphatic hydroxyl groups is 1. The van der Waals surface area contributed by atoms with Crippen LogP contribution in [0.3, 0.4) is 0 Å². The number of ether oxygens (including phenoxy) is 2. The molecule has 0 spiro atoms. The molecule has 1 atom stereocenters. The molecule has 112 valence electrons. The van der Waals surface area contributed by atoms with Gasteiger partial charge in [0.15, 0.2) is 11.5 Å². The van der Waals surface area contributed by atoms with Crippen LogP contribution in [0.2, 0.25) is 0 Å². The molecule has 0 amide bonds. The van der Waals surface area contributed by atoms with Crippen molar-refractivity contribution in [2.75, 3.05) is 7.11 Å². The Morgan fingerprint density at radius 2 is 1.86 bits per heavy atom. The molecule has 0 aliphatic carbocycles. The molecule has 0 saturated carbocycles. The number of benzene rings is 2. The summed E-state index contributed by atoms with van der Waals surface area (Å²) in [5.74, 6) is -0.238. The number of aliphatic hydroxyl groups excluding tert-OH is 1. The second-order valence-electron chi connectivity index (χ2n) is 4.61. The Kier molecular flexibility index (Phi) is 4.75. The van der Waals surface area contributed by atoms with Crippen molar-refractivity contribution in [1.82, 2.24) is 0 Å². The minimum atomic E-state index is -0.631. The van der Waals surface area contributed by atoms with E-state index < -0.39 is 17.7 Å². The van der Waals surface area contributed by atoms with Crippen LogP contribution in [0.4, 0.5) is 8.78 Å². The fourth-order valence-corrected chi connectivity index (χ4v) is 1.87. The van der Waals surface area contributed by atoms with Gasteiger partial charge < -0.3 is 14.6 Å². The second kappa shape index (κ2) is 6.54. The van der Waals surface area contributed by atoms with Crippen molar-refractivity contribution in [3.8, 4) is 11.5 Å². The van der Waals surface area contributed by atoms with Gasteiger partial charge >= 0.3 is 0 Å². The predicted octanol–water partition coefficient (Wildman–Crippen LogP) is 3.61. The molecule has 0 saturated heterocycles. The molecular formula is C16H16F2O3. The normalized spacial score (nSPS) is 12.0. The van der Waals surface area contributed by atoms with Gasteiger partial charge in [0, 0.05) is 5.56 Å². The number of rotatable bonds is 5. The molecule has 2 aromatic carbocycles. The fourth-order valence-electron chi connectivity index (χ4n) is 1.87. The smallest absolute Gasteiger partial charge is 0.161 e. The zero-order chi connectivity index (χ0) is 15.4. The van der Waals surface area contributed by atoms with E-state index in [1.807, 2.05) is 0 Å². The average Bonchev–Trinajstić information content (AvgIpc) is 2.47. The van der Waals surface area contributed by atoms with Crippen molar-refractivity contribution in [1.29, 1.82) is 0 Å². The van der Waals surface area contributed by atoms with E-state index in [4.69, 9.17) is 9.47 Å². The van der Waals surface area contributed by atoms with Gasteiger partial charge in [-0.05, 0) is 42.8 Å². The Balaban J connectivity index is 2.18. The largest absolute Gasteiger partial charge is 0.493 e. The van der Waals surface area contributed by atoms with Gasteiger partial charge in [0.1, 0.15) is 18.2 Å². The van der Waals surface area contributed by atoms with Crippen LogP contribution in [0, 0.1) is 11.6 Å². The zero-order valence-corrected chi connectivity index (χ0v) is 11.8. The summed E-state index contributed by atoms with van der Waals surface area (Å²) in [6, 6.07) is 8.15. The third kappa shape index (κ3) is 3.70. The van der Waals surface area contributed by atoms with Crippen molar-refractivity contribution in [3.63, 3.8) is 0 Å². The van der Waals surface area contributed by atoms with Gasteiger partial charge in [0.25, 0.3) is 0 Å². The maximum atomic E-state index is 13.5. The van der Waals surface area contributed by atoms with E-state index in [0.717, 1.165) is 18.2 Å². The van der Waals surface area contributed by atoms with Crippen LogP contribution in [0.1, 0.15) is 24.2 Å².